The first kappa shape index (κ1) is 20.5. The highest BCUT2D eigenvalue weighted by atomic mass is 19.1. The number of imidazole rings is 1. The SMILES string of the molecule is CC.COc1cc2ncc(-c3nc(N[C@@H]4CCNC4)c(F)cc3F)n2nc1C1CC1. The Kier molecular flexibility index (Phi) is 5.80. The molecule has 2 aliphatic rings. The minimum absolute atomic E-state index is 0.0155. The normalized spacial score (nSPS) is 18.2. The fourth-order valence-corrected chi connectivity index (χ4v) is 3.59. The van der Waals surface area contributed by atoms with Crippen molar-refractivity contribution in [3.63, 3.8) is 0 Å². The van der Waals surface area contributed by atoms with Crippen LogP contribution in [0.3, 0.4) is 0 Å². The van der Waals surface area contributed by atoms with E-state index in [-0.39, 0.29) is 17.6 Å². The second kappa shape index (κ2) is 8.51. The number of anilines is 1. The maximum atomic E-state index is 14.6. The molecule has 9 heteroatoms. The van der Waals surface area contributed by atoms with Gasteiger partial charge in [-0.25, -0.2) is 23.3 Å². The van der Waals surface area contributed by atoms with Crippen molar-refractivity contribution in [2.24, 2.45) is 0 Å². The van der Waals surface area contributed by atoms with Crippen LogP contribution in [0.25, 0.3) is 17.0 Å². The van der Waals surface area contributed by atoms with E-state index in [0.717, 1.165) is 44.1 Å². The van der Waals surface area contributed by atoms with E-state index in [1.807, 2.05) is 13.8 Å². The van der Waals surface area contributed by atoms with Crippen molar-refractivity contribution in [3.8, 4) is 17.1 Å². The predicted octanol–water partition coefficient (Wildman–Crippen LogP) is 3.76. The molecule has 0 bridgehead atoms. The molecule has 0 aromatic carbocycles. The number of aromatic nitrogens is 4. The van der Waals surface area contributed by atoms with Gasteiger partial charge in [-0.1, -0.05) is 13.8 Å². The highest BCUT2D eigenvalue weighted by molar-refractivity contribution is 5.63. The van der Waals surface area contributed by atoms with Crippen molar-refractivity contribution >= 4 is 11.5 Å². The molecular formula is C21H26F2N6O. The minimum atomic E-state index is -0.750. The summed E-state index contributed by atoms with van der Waals surface area (Å²) in [6.07, 6.45) is 4.45. The van der Waals surface area contributed by atoms with E-state index in [1.165, 1.54) is 6.20 Å². The van der Waals surface area contributed by atoms with Gasteiger partial charge in [-0.2, -0.15) is 5.10 Å². The van der Waals surface area contributed by atoms with Crippen LogP contribution in [0.1, 0.15) is 44.7 Å². The van der Waals surface area contributed by atoms with Gasteiger partial charge in [-0.05, 0) is 25.8 Å². The third-order valence-electron chi connectivity index (χ3n) is 5.24. The topological polar surface area (TPSA) is 76.4 Å². The van der Waals surface area contributed by atoms with Crippen molar-refractivity contribution in [2.75, 3.05) is 25.5 Å². The Labute approximate surface area is 173 Å². The Bertz CT molecular complexity index is 1040. The van der Waals surface area contributed by atoms with Crippen LogP contribution >= 0.6 is 0 Å². The van der Waals surface area contributed by atoms with Crippen molar-refractivity contribution in [3.05, 3.63) is 35.7 Å². The fourth-order valence-electron chi connectivity index (χ4n) is 3.59. The number of pyridine rings is 1. The Hall–Kier alpha value is -2.81. The molecule has 2 N–H and O–H groups in total. The molecular weight excluding hydrogens is 390 g/mol. The van der Waals surface area contributed by atoms with Crippen LogP contribution in [0.15, 0.2) is 18.3 Å². The molecule has 0 spiro atoms. The van der Waals surface area contributed by atoms with Gasteiger partial charge in [0, 0.05) is 30.6 Å². The van der Waals surface area contributed by atoms with Crippen LogP contribution in [0.5, 0.6) is 5.75 Å². The quantitative estimate of drug-likeness (QED) is 0.660. The summed E-state index contributed by atoms with van der Waals surface area (Å²) in [5.74, 6) is -0.408. The van der Waals surface area contributed by atoms with Gasteiger partial charge in [0.2, 0.25) is 0 Å². The van der Waals surface area contributed by atoms with Crippen molar-refractivity contribution in [2.45, 2.75) is 45.1 Å². The number of hydrogen-bond acceptors (Lipinski definition) is 6. The van der Waals surface area contributed by atoms with E-state index in [0.29, 0.717) is 23.0 Å². The average Bonchev–Trinajstić information content (AvgIpc) is 3.33. The van der Waals surface area contributed by atoms with Gasteiger partial charge < -0.3 is 15.4 Å². The molecule has 0 radical (unpaired) electrons. The number of fused-ring (bicyclic) bond motifs is 1. The summed E-state index contributed by atoms with van der Waals surface area (Å²) in [4.78, 5) is 8.55. The molecule has 1 aliphatic carbocycles. The average molecular weight is 416 g/mol. The smallest absolute Gasteiger partial charge is 0.168 e. The van der Waals surface area contributed by atoms with Gasteiger partial charge >= 0.3 is 0 Å². The highest BCUT2D eigenvalue weighted by Crippen LogP contribution is 2.43. The minimum Gasteiger partial charge on any atom is -0.495 e. The zero-order valence-corrected chi connectivity index (χ0v) is 17.4. The first-order valence-electron chi connectivity index (χ1n) is 10.4. The Morgan fingerprint density at radius 1 is 1.17 bits per heavy atom. The standard InChI is InChI=1S/C19H20F2N6O.C2H6/c1-28-15-7-16-23-9-14(27(16)26-17(15)10-2-3-10)18-12(20)6-13(21)19(25-18)24-11-4-5-22-8-11;1-2/h6-7,9-11,22H,2-5,8H2,1H3,(H,24,25);1-2H3/t11-;/m1./s1. The van der Waals surface area contributed by atoms with Crippen molar-refractivity contribution in [1.82, 2.24) is 24.9 Å². The van der Waals surface area contributed by atoms with Gasteiger partial charge in [-0.15, -0.1) is 0 Å². The molecule has 4 heterocycles. The highest BCUT2D eigenvalue weighted by Gasteiger charge is 2.30. The summed E-state index contributed by atoms with van der Waals surface area (Å²) >= 11 is 0. The summed E-state index contributed by atoms with van der Waals surface area (Å²) in [6.45, 7) is 5.58. The lowest BCUT2D eigenvalue weighted by Gasteiger charge is -2.14. The lowest BCUT2D eigenvalue weighted by molar-refractivity contribution is 0.405. The molecule has 0 unspecified atom stereocenters. The molecule has 5 rings (SSSR count). The molecule has 1 atom stereocenters. The summed E-state index contributed by atoms with van der Waals surface area (Å²) in [5.41, 5.74) is 1.75. The lowest BCUT2D eigenvalue weighted by atomic mass is 10.2. The number of ether oxygens (including phenoxy) is 1. The Balaban J connectivity index is 0.00000106. The molecule has 0 amide bonds. The second-order valence-corrected chi connectivity index (χ2v) is 7.27. The number of hydrogen-bond donors (Lipinski definition) is 2. The third kappa shape index (κ3) is 3.81. The fraction of sp³-hybridized carbons (Fsp3) is 0.476. The summed E-state index contributed by atoms with van der Waals surface area (Å²) in [6, 6.07) is 2.71. The maximum absolute atomic E-state index is 14.6. The molecule has 3 aromatic heterocycles. The van der Waals surface area contributed by atoms with Crippen LogP contribution < -0.4 is 15.4 Å². The van der Waals surface area contributed by atoms with Gasteiger partial charge in [0.05, 0.1) is 13.3 Å². The van der Waals surface area contributed by atoms with E-state index in [1.54, 1.807) is 17.7 Å². The van der Waals surface area contributed by atoms with Gasteiger partial charge in [0.15, 0.2) is 23.1 Å². The van der Waals surface area contributed by atoms with Crippen molar-refractivity contribution < 1.29 is 13.5 Å². The lowest BCUT2D eigenvalue weighted by Crippen LogP contribution is -2.23. The van der Waals surface area contributed by atoms with E-state index in [9.17, 15) is 8.78 Å². The van der Waals surface area contributed by atoms with Crippen LogP contribution in [-0.2, 0) is 0 Å². The van der Waals surface area contributed by atoms with E-state index in [2.05, 4.69) is 25.7 Å². The number of nitrogens with one attached hydrogen (secondary N) is 2. The molecule has 1 aliphatic heterocycles. The van der Waals surface area contributed by atoms with Gasteiger partial charge in [0.25, 0.3) is 0 Å². The number of rotatable bonds is 5. The van der Waals surface area contributed by atoms with Crippen LogP contribution in [-0.4, -0.2) is 45.8 Å². The molecule has 1 saturated carbocycles. The second-order valence-electron chi connectivity index (χ2n) is 7.27. The number of methoxy groups -OCH3 is 1. The van der Waals surface area contributed by atoms with E-state index < -0.39 is 11.6 Å². The van der Waals surface area contributed by atoms with Crippen molar-refractivity contribution in [1.29, 1.82) is 0 Å². The number of nitrogens with zero attached hydrogens (tertiary/aromatic N) is 4. The Morgan fingerprint density at radius 3 is 2.63 bits per heavy atom. The molecule has 2 fully saturated rings. The summed E-state index contributed by atoms with van der Waals surface area (Å²) < 4.78 is 35.9. The van der Waals surface area contributed by atoms with Crippen LogP contribution in [0.2, 0.25) is 0 Å². The largest absolute Gasteiger partial charge is 0.495 e. The van der Waals surface area contributed by atoms with Crippen LogP contribution in [0.4, 0.5) is 14.6 Å². The zero-order chi connectivity index (χ0) is 21.3. The zero-order valence-electron chi connectivity index (χ0n) is 17.4. The molecule has 30 heavy (non-hydrogen) atoms. The first-order valence-corrected chi connectivity index (χ1v) is 10.4. The summed E-state index contributed by atoms with van der Waals surface area (Å²) in [5, 5.41) is 10.9. The molecule has 160 valence electrons. The van der Waals surface area contributed by atoms with Gasteiger partial charge in [-0.3, -0.25) is 0 Å². The monoisotopic (exact) mass is 416 g/mol. The van der Waals surface area contributed by atoms with E-state index >= 15 is 0 Å². The van der Waals surface area contributed by atoms with Crippen LogP contribution in [0, 0.1) is 11.6 Å². The van der Waals surface area contributed by atoms with E-state index in [4.69, 9.17) is 4.74 Å². The first-order chi connectivity index (χ1) is 14.6. The molecule has 1 saturated heterocycles. The summed E-state index contributed by atoms with van der Waals surface area (Å²) in [7, 11) is 1.60. The third-order valence-corrected chi connectivity index (χ3v) is 5.24. The predicted molar refractivity (Wildman–Crippen MR) is 111 cm³/mol. The maximum Gasteiger partial charge on any atom is 0.168 e. The Morgan fingerprint density at radius 2 is 1.97 bits per heavy atom. The number of halogens is 2. The molecule has 7 nitrogen and oxygen atoms in total. The van der Waals surface area contributed by atoms with Gasteiger partial charge in [0.1, 0.15) is 22.8 Å². The molecule has 3 aromatic rings.